The summed E-state index contributed by atoms with van der Waals surface area (Å²) in [6.07, 6.45) is 3.67. The molecule has 0 amide bonds. The first-order chi connectivity index (χ1) is 13.8. The molecule has 0 saturated carbocycles. The molecule has 0 aliphatic carbocycles. The first kappa shape index (κ1) is 19.4. The van der Waals surface area contributed by atoms with Crippen LogP contribution in [0.4, 0.5) is 18.9 Å². The average Bonchev–Trinajstić information content (AvgIpc) is 2.90. The number of fused-ring (bicyclic) bond motifs is 1. The molecule has 2 heterocycles. The molecular formula is C19H17F3N4O2S. The summed E-state index contributed by atoms with van der Waals surface area (Å²) in [6, 6.07) is 5.77. The van der Waals surface area contributed by atoms with Crippen molar-refractivity contribution in [1.82, 2.24) is 14.8 Å². The van der Waals surface area contributed by atoms with Crippen LogP contribution in [0.5, 0.6) is 0 Å². The van der Waals surface area contributed by atoms with Crippen LogP contribution in [0.3, 0.4) is 0 Å². The number of halogens is 3. The zero-order valence-electron chi connectivity index (χ0n) is 15.2. The predicted molar refractivity (Wildman–Crippen MR) is 100 cm³/mol. The Morgan fingerprint density at radius 3 is 2.55 bits per heavy atom. The van der Waals surface area contributed by atoms with Crippen LogP contribution in [-0.2, 0) is 23.0 Å². The number of rotatable bonds is 4. The van der Waals surface area contributed by atoms with Gasteiger partial charge in [-0.05, 0) is 43.2 Å². The number of aromatic nitrogens is 3. The maximum atomic E-state index is 14.5. The number of sulfonamides is 1. The van der Waals surface area contributed by atoms with Gasteiger partial charge in [0.1, 0.15) is 28.2 Å². The minimum absolute atomic E-state index is 0.0242. The van der Waals surface area contributed by atoms with Crippen LogP contribution in [-0.4, -0.2) is 23.2 Å². The van der Waals surface area contributed by atoms with Crippen LogP contribution in [0, 0.1) is 17.5 Å². The summed E-state index contributed by atoms with van der Waals surface area (Å²) in [4.78, 5) is -0.707. The van der Waals surface area contributed by atoms with Crippen LogP contribution in [0.1, 0.15) is 25.1 Å². The van der Waals surface area contributed by atoms with E-state index in [1.54, 1.807) is 0 Å². The highest BCUT2D eigenvalue weighted by molar-refractivity contribution is 7.92. The molecule has 0 saturated heterocycles. The average molecular weight is 422 g/mol. The third-order valence-electron chi connectivity index (χ3n) is 4.75. The van der Waals surface area contributed by atoms with Crippen molar-refractivity contribution in [3.8, 4) is 11.4 Å². The van der Waals surface area contributed by atoms with E-state index < -0.39 is 32.4 Å². The van der Waals surface area contributed by atoms with Gasteiger partial charge in [0.05, 0.1) is 5.56 Å². The summed E-state index contributed by atoms with van der Waals surface area (Å²) in [5, 5.41) is 8.21. The Kier molecular flexibility index (Phi) is 5.03. The molecule has 0 atom stereocenters. The second kappa shape index (κ2) is 7.51. The predicted octanol–water partition coefficient (Wildman–Crippen LogP) is 3.89. The Labute approximate surface area is 165 Å². The molecule has 0 bridgehead atoms. The Hall–Kier alpha value is -2.88. The van der Waals surface area contributed by atoms with Gasteiger partial charge in [0, 0.05) is 24.7 Å². The highest BCUT2D eigenvalue weighted by Crippen LogP contribution is 2.29. The van der Waals surface area contributed by atoms with Crippen molar-refractivity contribution >= 4 is 15.7 Å². The minimum atomic E-state index is -4.34. The number of nitrogens with one attached hydrogen (secondary N) is 1. The lowest BCUT2D eigenvalue weighted by atomic mass is 10.1. The molecule has 1 aliphatic heterocycles. The quantitative estimate of drug-likeness (QED) is 0.692. The molecule has 0 fully saturated rings. The zero-order valence-corrected chi connectivity index (χ0v) is 16.0. The molecule has 0 spiro atoms. The van der Waals surface area contributed by atoms with E-state index in [1.807, 2.05) is 4.57 Å². The van der Waals surface area contributed by atoms with Crippen LogP contribution < -0.4 is 4.72 Å². The van der Waals surface area contributed by atoms with Gasteiger partial charge in [0.2, 0.25) is 0 Å². The number of hydrogen-bond acceptors (Lipinski definition) is 4. The molecule has 3 aromatic rings. The van der Waals surface area contributed by atoms with E-state index in [4.69, 9.17) is 0 Å². The first-order valence-corrected chi connectivity index (χ1v) is 10.5. The van der Waals surface area contributed by atoms with Gasteiger partial charge in [-0.25, -0.2) is 21.6 Å². The SMILES string of the molecule is O=S(=O)(Nc1ccc(F)c(-c2nnc3n2CCCCC3)c1)c1ccc(F)cc1F. The Bertz CT molecular complexity index is 1180. The molecule has 4 rings (SSSR count). The summed E-state index contributed by atoms with van der Waals surface area (Å²) in [7, 11) is -4.34. The summed E-state index contributed by atoms with van der Waals surface area (Å²) in [6.45, 7) is 0.647. The second-order valence-electron chi connectivity index (χ2n) is 6.78. The van der Waals surface area contributed by atoms with Crippen molar-refractivity contribution in [2.75, 3.05) is 4.72 Å². The van der Waals surface area contributed by atoms with E-state index in [9.17, 15) is 21.6 Å². The molecule has 29 heavy (non-hydrogen) atoms. The molecule has 6 nitrogen and oxygen atoms in total. The van der Waals surface area contributed by atoms with Crippen LogP contribution in [0.25, 0.3) is 11.4 Å². The minimum Gasteiger partial charge on any atom is -0.311 e. The molecule has 1 N–H and O–H groups in total. The van der Waals surface area contributed by atoms with Gasteiger partial charge in [-0.15, -0.1) is 10.2 Å². The number of anilines is 1. The van der Waals surface area contributed by atoms with Gasteiger partial charge in [-0.1, -0.05) is 6.42 Å². The highest BCUT2D eigenvalue weighted by atomic mass is 32.2. The Morgan fingerprint density at radius 1 is 0.931 bits per heavy atom. The second-order valence-corrected chi connectivity index (χ2v) is 8.43. The third-order valence-corrected chi connectivity index (χ3v) is 6.17. The standard InChI is InChI=1S/C19H17F3N4O2S/c20-12-5-8-17(16(22)10-12)29(27,28)25-13-6-7-15(21)14(11-13)19-24-23-18-4-2-1-3-9-26(18)19/h5-8,10-11,25H,1-4,9H2. The van der Waals surface area contributed by atoms with Gasteiger partial charge in [0.15, 0.2) is 5.82 Å². The van der Waals surface area contributed by atoms with E-state index in [2.05, 4.69) is 14.9 Å². The molecule has 1 aliphatic rings. The van der Waals surface area contributed by atoms with Crippen LogP contribution in [0.2, 0.25) is 0 Å². The number of hydrogen-bond donors (Lipinski definition) is 1. The van der Waals surface area contributed by atoms with Gasteiger partial charge < -0.3 is 4.57 Å². The molecule has 0 unspecified atom stereocenters. The lowest BCUT2D eigenvalue weighted by molar-refractivity contribution is 0.551. The highest BCUT2D eigenvalue weighted by Gasteiger charge is 2.22. The molecule has 1 aromatic heterocycles. The topological polar surface area (TPSA) is 76.9 Å². The van der Waals surface area contributed by atoms with Crippen molar-refractivity contribution in [2.24, 2.45) is 0 Å². The van der Waals surface area contributed by atoms with E-state index in [-0.39, 0.29) is 11.3 Å². The Balaban J connectivity index is 1.70. The number of aryl methyl sites for hydroxylation is 1. The molecular weight excluding hydrogens is 405 g/mol. The number of nitrogens with zero attached hydrogens (tertiary/aromatic N) is 3. The number of benzene rings is 2. The fraction of sp³-hybridized carbons (Fsp3) is 0.263. The van der Waals surface area contributed by atoms with Crippen LogP contribution in [0.15, 0.2) is 41.3 Å². The van der Waals surface area contributed by atoms with Gasteiger partial charge >= 0.3 is 0 Å². The lowest BCUT2D eigenvalue weighted by Crippen LogP contribution is -2.15. The monoisotopic (exact) mass is 422 g/mol. The third kappa shape index (κ3) is 3.84. The van der Waals surface area contributed by atoms with Crippen molar-refractivity contribution in [1.29, 1.82) is 0 Å². The zero-order chi connectivity index (χ0) is 20.6. The van der Waals surface area contributed by atoms with E-state index in [0.717, 1.165) is 49.7 Å². The largest absolute Gasteiger partial charge is 0.311 e. The van der Waals surface area contributed by atoms with Gasteiger partial charge in [-0.2, -0.15) is 0 Å². The molecule has 152 valence electrons. The van der Waals surface area contributed by atoms with Crippen molar-refractivity contribution in [3.63, 3.8) is 0 Å². The van der Waals surface area contributed by atoms with Crippen molar-refractivity contribution < 1.29 is 21.6 Å². The van der Waals surface area contributed by atoms with E-state index in [0.29, 0.717) is 18.4 Å². The molecule has 2 aromatic carbocycles. The summed E-state index contributed by atoms with van der Waals surface area (Å²) in [5.41, 5.74) is 0.113. The van der Waals surface area contributed by atoms with E-state index in [1.165, 1.54) is 12.1 Å². The van der Waals surface area contributed by atoms with Crippen LogP contribution >= 0.6 is 0 Å². The van der Waals surface area contributed by atoms with Gasteiger partial charge in [0.25, 0.3) is 10.0 Å². The van der Waals surface area contributed by atoms with Crippen molar-refractivity contribution in [3.05, 3.63) is 59.7 Å². The molecule has 0 radical (unpaired) electrons. The summed E-state index contributed by atoms with van der Waals surface area (Å²) in [5.74, 6) is -1.62. The fourth-order valence-corrected chi connectivity index (χ4v) is 4.46. The summed E-state index contributed by atoms with van der Waals surface area (Å²) < 4.78 is 70.5. The fourth-order valence-electron chi connectivity index (χ4n) is 3.35. The van der Waals surface area contributed by atoms with E-state index >= 15 is 0 Å². The Morgan fingerprint density at radius 2 is 1.76 bits per heavy atom. The normalized spacial score (nSPS) is 14.3. The first-order valence-electron chi connectivity index (χ1n) is 9.05. The van der Waals surface area contributed by atoms with Gasteiger partial charge in [-0.3, -0.25) is 4.72 Å². The van der Waals surface area contributed by atoms with Crippen molar-refractivity contribution in [2.45, 2.75) is 37.1 Å². The summed E-state index contributed by atoms with van der Waals surface area (Å²) >= 11 is 0. The molecule has 10 heteroatoms. The lowest BCUT2D eigenvalue weighted by Gasteiger charge is -2.12. The maximum Gasteiger partial charge on any atom is 0.264 e. The smallest absolute Gasteiger partial charge is 0.264 e. The maximum absolute atomic E-state index is 14.5.